The summed E-state index contributed by atoms with van der Waals surface area (Å²) in [5.74, 6) is -1.17. The SMILES string of the molecule is COC(=O)CN1C(=O)N/C(=C/c2ccc(N3CCCCC3)cc2)C1=O. The molecule has 2 saturated heterocycles. The third kappa shape index (κ3) is 3.81. The summed E-state index contributed by atoms with van der Waals surface area (Å²) in [6.07, 6.45) is 5.31. The number of carbonyl (C=O) groups excluding carboxylic acids is 3. The first-order chi connectivity index (χ1) is 12.1. The average Bonchev–Trinajstić information content (AvgIpc) is 2.90. The molecule has 3 rings (SSSR count). The fraction of sp³-hybridized carbons (Fsp3) is 0.389. The van der Waals surface area contributed by atoms with Gasteiger partial charge in [0.1, 0.15) is 12.2 Å². The van der Waals surface area contributed by atoms with E-state index in [-0.39, 0.29) is 5.70 Å². The number of rotatable bonds is 4. The molecule has 132 valence electrons. The van der Waals surface area contributed by atoms with Crippen molar-refractivity contribution in [3.05, 3.63) is 35.5 Å². The molecule has 2 aliphatic rings. The van der Waals surface area contributed by atoms with Crippen LogP contribution >= 0.6 is 0 Å². The number of benzene rings is 1. The minimum absolute atomic E-state index is 0.152. The Bertz CT molecular complexity index is 706. The first-order valence-electron chi connectivity index (χ1n) is 8.35. The van der Waals surface area contributed by atoms with E-state index in [9.17, 15) is 14.4 Å². The maximum Gasteiger partial charge on any atom is 0.329 e. The summed E-state index contributed by atoms with van der Waals surface area (Å²) in [5.41, 5.74) is 2.12. The molecule has 3 amide bonds. The number of methoxy groups -OCH3 is 1. The van der Waals surface area contributed by atoms with Crippen molar-refractivity contribution in [2.45, 2.75) is 19.3 Å². The second-order valence-electron chi connectivity index (χ2n) is 6.09. The molecule has 7 nitrogen and oxygen atoms in total. The topological polar surface area (TPSA) is 79.0 Å². The summed E-state index contributed by atoms with van der Waals surface area (Å²) in [5, 5.41) is 2.49. The number of esters is 1. The number of carbonyl (C=O) groups is 3. The molecule has 1 aromatic rings. The van der Waals surface area contributed by atoms with Crippen LogP contribution in [-0.4, -0.2) is 49.6 Å². The van der Waals surface area contributed by atoms with Crippen LogP contribution in [0, 0.1) is 0 Å². The van der Waals surface area contributed by atoms with Crippen LogP contribution in [0.4, 0.5) is 10.5 Å². The van der Waals surface area contributed by atoms with Crippen molar-refractivity contribution in [2.75, 3.05) is 31.6 Å². The van der Waals surface area contributed by atoms with E-state index in [1.54, 1.807) is 6.08 Å². The molecule has 2 fully saturated rings. The van der Waals surface area contributed by atoms with Crippen LogP contribution in [0.1, 0.15) is 24.8 Å². The molecule has 1 aromatic carbocycles. The fourth-order valence-corrected chi connectivity index (χ4v) is 3.01. The van der Waals surface area contributed by atoms with Gasteiger partial charge >= 0.3 is 12.0 Å². The average molecular weight is 343 g/mol. The predicted octanol–water partition coefficient (Wildman–Crippen LogP) is 1.74. The van der Waals surface area contributed by atoms with Crippen molar-refractivity contribution in [3.8, 4) is 0 Å². The highest BCUT2D eigenvalue weighted by molar-refractivity contribution is 6.15. The summed E-state index contributed by atoms with van der Waals surface area (Å²) < 4.78 is 4.50. The van der Waals surface area contributed by atoms with Gasteiger partial charge in [0, 0.05) is 18.8 Å². The number of urea groups is 1. The van der Waals surface area contributed by atoms with Gasteiger partial charge in [-0.25, -0.2) is 9.69 Å². The third-order valence-electron chi connectivity index (χ3n) is 4.40. The van der Waals surface area contributed by atoms with Crippen LogP contribution in [0.3, 0.4) is 0 Å². The molecule has 2 heterocycles. The van der Waals surface area contributed by atoms with Crippen molar-refractivity contribution in [3.63, 3.8) is 0 Å². The molecule has 0 saturated carbocycles. The number of hydrogen-bond acceptors (Lipinski definition) is 5. The smallest absolute Gasteiger partial charge is 0.329 e. The number of anilines is 1. The largest absolute Gasteiger partial charge is 0.468 e. The van der Waals surface area contributed by atoms with Gasteiger partial charge in [-0.15, -0.1) is 0 Å². The van der Waals surface area contributed by atoms with Gasteiger partial charge in [0.25, 0.3) is 5.91 Å². The minimum atomic E-state index is -0.643. The Morgan fingerprint density at radius 3 is 2.48 bits per heavy atom. The fourth-order valence-electron chi connectivity index (χ4n) is 3.01. The van der Waals surface area contributed by atoms with E-state index in [0.717, 1.165) is 29.2 Å². The minimum Gasteiger partial charge on any atom is -0.468 e. The van der Waals surface area contributed by atoms with E-state index >= 15 is 0 Å². The normalized spacial score (nSPS) is 19.3. The summed E-state index contributed by atoms with van der Waals surface area (Å²) in [6, 6.07) is 7.25. The Labute approximate surface area is 146 Å². The molecular weight excluding hydrogens is 322 g/mol. The lowest BCUT2D eigenvalue weighted by Crippen LogP contribution is -2.36. The molecule has 0 bridgehead atoms. The summed E-state index contributed by atoms with van der Waals surface area (Å²) in [6.45, 7) is 1.74. The monoisotopic (exact) mass is 343 g/mol. The zero-order valence-corrected chi connectivity index (χ0v) is 14.2. The highest BCUT2D eigenvalue weighted by Crippen LogP contribution is 2.21. The molecule has 0 aliphatic carbocycles. The number of nitrogens with zero attached hydrogens (tertiary/aromatic N) is 2. The van der Waals surface area contributed by atoms with Gasteiger partial charge in [0.2, 0.25) is 0 Å². The molecule has 25 heavy (non-hydrogen) atoms. The Morgan fingerprint density at radius 2 is 1.84 bits per heavy atom. The van der Waals surface area contributed by atoms with Gasteiger partial charge in [0.15, 0.2) is 0 Å². The molecule has 0 aromatic heterocycles. The van der Waals surface area contributed by atoms with Crippen LogP contribution in [0.25, 0.3) is 6.08 Å². The number of nitrogens with one attached hydrogen (secondary N) is 1. The van der Waals surface area contributed by atoms with Crippen molar-refractivity contribution in [1.82, 2.24) is 10.2 Å². The molecule has 2 aliphatic heterocycles. The lowest BCUT2D eigenvalue weighted by Gasteiger charge is -2.28. The quantitative estimate of drug-likeness (QED) is 0.512. The van der Waals surface area contributed by atoms with Gasteiger partial charge in [-0.2, -0.15) is 0 Å². The van der Waals surface area contributed by atoms with Crippen molar-refractivity contribution in [1.29, 1.82) is 0 Å². The first-order valence-corrected chi connectivity index (χ1v) is 8.35. The summed E-state index contributed by atoms with van der Waals surface area (Å²) in [7, 11) is 1.21. The van der Waals surface area contributed by atoms with E-state index in [4.69, 9.17) is 0 Å². The van der Waals surface area contributed by atoms with E-state index in [2.05, 4.69) is 15.0 Å². The molecule has 0 unspecified atom stereocenters. The second-order valence-corrected chi connectivity index (χ2v) is 6.09. The van der Waals surface area contributed by atoms with Gasteiger partial charge in [0.05, 0.1) is 7.11 Å². The molecule has 1 N–H and O–H groups in total. The number of hydrogen-bond donors (Lipinski definition) is 1. The lowest BCUT2D eigenvalue weighted by atomic mass is 10.1. The van der Waals surface area contributed by atoms with E-state index in [1.165, 1.54) is 26.4 Å². The standard InChI is InChI=1S/C18H21N3O4/c1-25-16(22)12-21-17(23)15(19-18(21)24)11-13-5-7-14(8-6-13)20-9-3-2-4-10-20/h5-8,11H,2-4,9-10,12H2,1H3,(H,19,24)/b15-11+. The van der Waals surface area contributed by atoms with Crippen molar-refractivity contribution in [2.24, 2.45) is 0 Å². The van der Waals surface area contributed by atoms with E-state index < -0.39 is 24.5 Å². The molecular formula is C18H21N3O4. The highest BCUT2D eigenvalue weighted by atomic mass is 16.5. The molecule has 0 atom stereocenters. The van der Waals surface area contributed by atoms with Gasteiger partial charge in [-0.05, 0) is 43.0 Å². The number of piperidine rings is 1. The van der Waals surface area contributed by atoms with Crippen LogP contribution in [0.5, 0.6) is 0 Å². The predicted molar refractivity (Wildman–Crippen MR) is 92.7 cm³/mol. The Hall–Kier alpha value is -2.83. The molecule has 0 radical (unpaired) electrons. The zero-order chi connectivity index (χ0) is 17.8. The number of ether oxygens (including phenoxy) is 1. The maximum absolute atomic E-state index is 12.2. The van der Waals surface area contributed by atoms with E-state index in [1.807, 2.05) is 24.3 Å². The van der Waals surface area contributed by atoms with Gasteiger partial charge < -0.3 is 15.0 Å². The number of imide groups is 1. The van der Waals surface area contributed by atoms with Gasteiger partial charge in [-0.3, -0.25) is 9.59 Å². The summed E-state index contributed by atoms with van der Waals surface area (Å²) in [4.78, 5) is 38.6. The first kappa shape index (κ1) is 17.0. The Balaban J connectivity index is 1.71. The lowest BCUT2D eigenvalue weighted by molar-refractivity contribution is -0.143. The van der Waals surface area contributed by atoms with Crippen LogP contribution < -0.4 is 10.2 Å². The number of amides is 3. The van der Waals surface area contributed by atoms with Gasteiger partial charge in [-0.1, -0.05) is 12.1 Å². The zero-order valence-electron chi connectivity index (χ0n) is 14.2. The van der Waals surface area contributed by atoms with Crippen LogP contribution in [-0.2, 0) is 14.3 Å². The highest BCUT2D eigenvalue weighted by Gasteiger charge is 2.35. The third-order valence-corrected chi connectivity index (χ3v) is 4.40. The Morgan fingerprint density at radius 1 is 1.16 bits per heavy atom. The van der Waals surface area contributed by atoms with Crippen LogP contribution in [0.2, 0.25) is 0 Å². The van der Waals surface area contributed by atoms with Crippen molar-refractivity contribution >= 4 is 29.7 Å². The summed E-state index contributed by atoms with van der Waals surface area (Å²) >= 11 is 0. The Kier molecular flexibility index (Phi) is 5.02. The maximum atomic E-state index is 12.2. The second kappa shape index (κ2) is 7.38. The molecule has 0 spiro atoms. The van der Waals surface area contributed by atoms with Crippen LogP contribution in [0.15, 0.2) is 30.0 Å². The molecule has 7 heteroatoms. The van der Waals surface area contributed by atoms with Crippen molar-refractivity contribution < 1.29 is 19.1 Å². The van der Waals surface area contributed by atoms with E-state index in [0.29, 0.717) is 0 Å².